The van der Waals surface area contributed by atoms with Gasteiger partial charge in [0.1, 0.15) is 18.3 Å². The summed E-state index contributed by atoms with van der Waals surface area (Å²) in [6, 6.07) is 0. The van der Waals surface area contributed by atoms with Crippen LogP contribution in [0.1, 0.15) is 0 Å². The van der Waals surface area contributed by atoms with Crippen LogP contribution in [0, 0.1) is 10.1 Å². The van der Waals surface area contributed by atoms with E-state index in [9.17, 15) is 25.1 Å². The van der Waals surface area contributed by atoms with E-state index in [4.69, 9.17) is 15.3 Å². The fourth-order valence-electron chi connectivity index (χ4n) is 1.12. The molecule has 0 aromatic rings. The Hall–Kier alpha value is -1.13. The van der Waals surface area contributed by atoms with E-state index in [2.05, 4.69) is 0 Å². The van der Waals surface area contributed by atoms with Crippen molar-refractivity contribution in [3.63, 3.8) is 0 Å². The van der Waals surface area contributed by atoms with Gasteiger partial charge in [0.2, 0.25) is 6.54 Å². The number of nitrogens with zero attached hydrogens (tertiary/aromatic N) is 1. The lowest BCUT2D eigenvalue weighted by atomic mass is 9.87. The molecule has 0 fully saturated rings. The molecule has 0 aromatic heterocycles. The zero-order valence-corrected chi connectivity index (χ0v) is 8.13. The van der Waals surface area contributed by atoms with Gasteiger partial charge in [-0.2, -0.15) is 0 Å². The molecule has 9 heteroatoms. The van der Waals surface area contributed by atoms with Crippen LogP contribution in [0.3, 0.4) is 0 Å². The van der Waals surface area contributed by atoms with Crippen LogP contribution in [-0.2, 0) is 4.79 Å². The van der Waals surface area contributed by atoms with E-state index in [0.29, 0.717) is 0 Å². The first-order valence-electron chi connectivity index (χ1n) is 4.24. The normalized spacial score (nSPS) is 20.6. The standard InChI is InChI=1S/C7H13NO8/c9-1-4(11)6(13)7(14,3-8(15)16)5(12)2-10/h2,4-6,9,11-14H,1,3H2/t4-,5+,6-,7+/m1/s1. The third-order valence-corrected chi connectivity index (χ3v) is 2.09. The summed E-state index contributed by atoms with van der Waals surface area (Å²) in [5, 5.41) is 55.7. The molecule has 0 heterocycles. The minimum atomic E-state index is -2.85. The Morgan fingerprint density at radius 2 is 1.88 bits per heavy atom. The maximum atomic E-state index is 10.3. The molecule has 0 spiro atoms. The van der Waals surface area contributed by atoms with E-state index < -0.39 is 42.0 Å². The Morgan fingerprint density at radius 1 is 1.38 bits per heavy atom. The molecule has 0 amide bonds. The molecule has 94 valence electrons. The smallest absolute Gasteiger partial charge is 0.237 e. The monoisotopic (exact) mass is 239 g/mol. The molecule has 0 rings (SSSR count). The predicted octanol–water partition coefficient (Wildman–Crippen LogP) is -3.73. The highest BCUT2D eigenvalue weighted by atomic mass is 16.6. The van der Waals surface area contributed by atoms with Crippen molar-refractivity contribution in [1.29, 1.82) is 0 Å². The Labute approximate surface area is 89.7 Å². The average molecular weight is 239 g/mol. The summed E-state index contributed by atoms with van der Waals surface area (Å²) < 4.78 is 0. The van der Waals surface area contributed by atoms with Gasteiger partial charge in [-0.15, -0.1) is 0 Å². The number of nitro groups is 1. The summed E-state index contributed by atoms with van der Waals surface area (Å²) in [6.07, 6.45) is -6.62. The fourth-order valence-corrected chi connectivity index (χ4v) is 1.12. The molecule has 4 atom stereocenters. The van der Waals surface area contributed by atoms with Crippen LogP contribution in [0.15, 0.2) is 0 Å². The maximum Gasteiger partial charge on any atom is 0.237 e. The van der Waals surface area contributed by atoms with Gasteiger partial charge < -0.3 is 30.3 Å². The first kappa shape index (κ1) is 14.9. The lowest BCUT2D eigenvalue weighted by molar-refractivity contribution is -0.508. The van der Waals surface area contributed by atoms with E-state index in [1.54, 1.807) is 0 Å². The second kappa shape index (κ2) is 5.82. The first-order chi connectivity index (χ1) is 7.29. The third kappa shape index (κ3) is 3.18. The van der Waals surface area contributed by atoms with Gasteiger partial charge in [-0.1, -0.05) is 0 Å². The lowest BCUT2D eigenvalue weighted by Gasteiger charge is -2.32. The van der Waals surface area contributed by atoms with Gasteiger partial charge in [0.25, 0.3) is 0 Å². The van der Waals surface area contributed by atoms with Crippen LogP contribution < -0.4 is 0 Å². The molecule has 0 saturated carbocycles. The Bertz CT molecular complexity index is 259. The van der Waals surface area contributed by atoms with E-state index in [1.165, 1.54) is 0 Å². The van der Waals surface area contributed by atoms with Crippen molar-refractivity contribution in [2.75, 3.05) is 13.2 Å². The molecule has 5 N–H and O–H groups in total. The summed E-state index contributed by atoms with van der Waals surface area (Å²) in [5.74, 6) is 0. The van der Waals surface area contributed by atoms with Crippen molar-refractivity contribution in [2.45, 2.75) is 23.9 Å². The topological polar surface area (TPSA) is 161 Å². The molecule has 0 bridgehead atoms. The minimum absolute atomic E-state index is 0.211. The number of hydrogen-bond acceptors (Lipinski definition) is 8. The van der Waals surface area contributed by atoms with Gasteiger partial charge >= 0.3 is 0 Å². The van der Waals surface area contributed by atoms with E-state index in [1.807, 2.05) is 0 Å². The number of carbonyl (C=O) groups is 1. The van der Waals surface area contributed by atoms with Crippen LogP contribution >= 0.6 is 0 Å². The number of hydrogen-bond donors (Lipinski definition) is 5. The van der Waals surface area contributed by atoms with Gasteiger partial charge in [0, 0.05) is 4.92 Å². The molecule has 0 aliphatic carbocycles. The lowest BCUT2D eigenvalue weighted by Crippen LogP contribution is -2.61. The SMILES string of the molecule is O=C[C@H](O)[C@@](O)(C[N+](=O)[O-])[C@H](O)[C@H](O)CO. The van der Waals surface area contributed by atoms with E-state index >= 15 is 0 Å². The molecule has 9 nitrogen and oxygen atoms in total. The van der Waals surface area contributed by atoms with Crippen molar-refractivity contribution in [3.05, 3.63) is 10.1 Å². The molecular formula is C7H13NO8. The van der Waals surface area contributed by atoms with Crippen molar-refractivity contribution in [3.8, 4) is 0 Å². The van der Waals surface area contributed by atoms with Crippen molar-refractivity contribution >= 4 is 6.29 Å². The van der Waals surface area contributed by atoms with Gasteiger partial charge in [-0.3, -0.25) is 10.1 Å². The maximum absolute atomic E-state index is 10.3. The van der Waals surface area contributed by atoms with Crippen molar-refractivity contribution < 1.29 is 35.3 Å². The Kier molecular flexibility index (Phi) is 5.41. The van der Waals surface area contributed by atoms with Gasteiger partial charge in [0.05, 0.1) is 6.61 Å². The molecule has 0 aliphatic heterocycles. The van der Waals surface area contributed by atoms with Crippen molar-refractivity contribution in [2.24, 2.45) is 0 Å². The summed E-state index contributed by atoms with van der Waals surface area (Å²) in [4.78, 5) is 19.4. The van der Waals surface area contributed by atoms with E-state index in [0.717, 1.165) is 0 Å². The summed E-state index contributed by atoms with van der Waals surface area (Å²) in [7, 11) is 0. The predicted molar refractivity (Wildman–Crippen MR) is 48.0 cm³/mol. The molecule has 16 heavy (non-hydrogen) atoms. The molecule has 0 unspecified atom stereocenters. The van der Waals surface area contributed by atoms with Crippen LogP contribution in [0.2, 0.25) is 0 Å². The largest absolute Gasteiger partial charge is 0.394 e. The number of aliphatic hydroxyl groups excluding tert-OH is 4. The quantitative estimate of drug-likeness (QED) is 0.172. The Balaban J connectivity index is 5.04. The second-order valence-corrected chi connectivity index (χ2v) is 3.26. The third-order valence-electron chi connectivity index (χ3n) is 2.09. The van der Waals surface area contributed by atoms with Crippen LogP contribution in [0.25, 0.3) is 0 Å². The summed E-state index contributed by atoms with van der Waals surface area (Å²) in [6.45, 7) is -2.35. The van der Waals surface area contributed by atoms with Crippen LogP contribution in [0.5, 0.6) is 0 Å². The number of aldehydes is 1. The fraction of sp³-hybridized carbons (Fsp3) is 0.857. The molecular weight excluding hydrogens is 226 g/mol. The zero-order valence-electron chi connectivity index (χ0n) is 8.13. The molecule has 0 aromatic carbocycles. The van der Waals surface area contributed by atoms with Crippen LogP contribution in [-0.4, -0.2) is 73.8 Å². The minimum Gasteiger partial charge on any atom is -0.394 e. The van der Waals surface area contributed by atoms with Gasteiger partial charge in [-0.25, -0.2) is 0 Å². The second-order valence-electron chi connectivity index (χ2n) is 3.26. The van der Waals surface area contributed by atoms with Crippen LogP contribution in [0.4, 0.5) is 0 Å². The highest BCUT2D eigenvalue weighted by Crippen LogP contribution is 2.18. The molecule has 0 aliphatic rings. The Morgan fingerprint density at radius 3 is 2.19 bits per heavy atom. The zero-order chi connectivity index (χ0) is 12.9. The van der Waals surface area contributed by atoms with Crippen molar-refractivity contribution in [1.82, 2.24) is 0 Å². The molecule has 0 saturated heterocycles. The van der Waals surface area contributed by atoms with E-state index in [-0.39, 0.29) is 6.29 Å². The first-order valence-corrected chi connectivity index (χ1v) is 4.24. The molecule has 0 radical (unpaired) electrons. The average Bonchev–Trinajstić information content (AvgIpc) is 2.24. The highest BCUT2D eigenvalue weighted by Gasteiger charge is 2.50. The summed E-state index contributed by atoms with van der Waals surface area (Å²) >= 11 is 0. The number of carbonyl (C=O) groups excluding carboxylic acids is 1. The van der Waals surface area contributed by atoms with Gasteiger partial charge in [-0.05, 0) is 0 Å². The number of rotatable bonds is 7. The van der Waals surface area contributed by atoms with Gasteiger partial charge in [0.15, 0.2) is 11.9 Å². The highest BCUT2D eigenvalue weighted by molar-refractivity contribution is 5.58. The summed E-state index contributed by atoms with van der Waals surface area (Å²) in [5.41, 5.74) is -2.85. The number of aliphatic hydroxyl groups is 5.